The molecule has 3 aromatic carbocycles. The number of hydrogen-bond donors (Lipinski definition) is 1. The number of amides is 1. The second-order valence-electron chi connectivity index (χ2n) is 7.30. The summed E-state index contributed by atoms with van der Waals surface area (Å²) in [4.78, 5) is 28.9. The van der Waals surface area contributed by atoms with Gasteiger partial charge in [-0.25, -0.2) is 4.98 Å². The molecule has 0 saturated heterocycles. The van der Waals surface area contributed by atoms with Crippen LogP contribution in [0.4, 0.5) is 0 Å². The normalized spacial score (nSPS) is 10.5. The Morgan fingerprint density at radius 1 is 0.875 bits per heavy atom. The molecule has 160 valence electrons. The van der Waals surface area contributed by atoms with Crippen LogP contribution in [0, 0.1) is 0 Å². The van der Waals surface area contributed by atoms with Gasteiger partial charge in [-0.05, 0) is 23.3 Å². The minimum atomic E-state index is -0.270. The predicted molar refractivity (Wildman–Crippen MR) is 123 cm³/mol. The molecule has 1 N–H and O–H groups in total. The zero-order chi connectivity index (χ0) is 22.2. The summed E-state index contributed by atoms with van der Waals surface area (Å²) < 4.78 is 7.07. The number of nitrogens with one attached hydrogen (secondary N) is 1. The summed E-state index contributed by atoms with van der Waals surface area (Å²) >= 11 is 0. The van der Waals surface area contributed by atoms with E-state index in [2.05, 4.69) is 10.3 Å². The third-order valence-corrected chi connectivity index (χ3v) is 4.92. The molecule has 4 rings (SSSR count). The van der Waals surface area contributed by atoms with Gasteiger partial charge >= 0.3 is 0 Å². The lowest BCUT2D eigenvalue weighted by Crippen LogP contribution is -2.31. The quantitative estimate of drug-likeness (QED) is 0.466. The fourth-order valence-corrected chi connectivity index (χ4v) is 3.17. The smallest absolute Gasteiger partial charge is 0.254 e. The van der Waals surface area contributed by atoms with Crippen LogP contribution in [0.3, 0.4) is 0 Å². The van der Waals surface area contributed by atoms with E-state index in [1.165, 1.54) is 17.0 Å². The number of hydrogen-bond acceptors (Lipinski definition) is 4. The third kappa shape index (κ3) is 5.70. The van der Waals surface area contributed by atoms with E-state index in [1.54, 1.807) is 0 Å². The van der Waals surface area contributed by atoms with Gasteiger partial charge in [0.25, 0.3) is 5.56 Å². The van der Waals surface area contributed by atoms with E-state index in [9.17, 15) is 9.59 Å². The maximum atomic E-state index is 12.4. The average molecular weight is 425 g/mol. The van der Waals surface area contributed by atoms with E-state index in [4.69, 9.17) is 4.74 Å². The first-order valence-corrected chi connectivity index (χ1v) is 10.3. The molecular weight excluding hydrogens is 402 g/mol. The second-order valence-corrected chi connectivity index (χ2v) is 7.30. The van der Waals surface area contributed by atoms with E-state index >= 15 is 0 Å². The largest absolute Gasteiger partial charge is 0.489 e. The van der Waals surface area contributed by atoms with Gasteiger partial charge in [0, 0.05) is 18.2 Å². The van der Waals surface area contributed by atoms with Crippen LogP contribution < -0.4 is 15.6 Å². The Morgan fingerprint density at radius 3 is 2.25 bits per heavy atom. The highest BCUT2D eigenvalue weighted by molar-refractivity contribution is 5.75. The third-order valence-electron chi connectivity index (χ3n) is 4.92. The molecule has 0 unspecified atom stereocenters. The molecule has 0 atom stereocenters. The van der Waals surface area contributed by atoms with E-state index in [0.29, 0.717) is 18.8 Å². The summed E-state index contributed by atoms with van der Waals surface area (Å²) in [6.07, 6.45) is 1.41. The molecule has 6 heteroatoms. The lowest BCUT2D eigenvalue weighted by Gasteiger charge is -2.09. The Labute approximate surface area is 186 Å². The van der Waals surface area contributed by atoms with Crippen molar-refractivity contribution in [2.24, 2.45) is 0 Å². The van der Waals surface area contributed by atoms with E-state index < -0.39 is 0 Å². The zero-order valence-electron chi connectivity index (χ0n) is 17.5. The maximum absolute atomic E-state index is 12.4. The molecule has 0 saturated carbocycles. The van der Waals surface area contributed by atoms with Crippen LogP contribution in [0.2, 0.25) is 0 Å². The number of rotatable bonds is 8. The van der Waals surface area contributed by atoms with Gasteiger partial charge in [0.05, 0.1) is 12.0 Å². The minimum absolute atomic E-state index is 0.0842. The van der Waals surface area contributed by atoms with Gasteiger partial charge in [-0.3, -0.25) is 14.2 Å². The summed E-state index contributed by atoms with van der Waals surface area (Å²) in [6.45, 7) is 0.782. The molecule has 4 aromatic rings. The zero-order valence-corrected chi connectivity index (χ0v) is 17.5. The van der Waals surface area contributed by atoms with Crippen molar-refractivity contribution < 1.29 is 9.53 Å². The molecule has 0 radical (unpaired) electrons. The predicted octanol–water partition coefficient (Wildman–Crippen LogP) is 3.81. The molecular formula is C26H23N3O3. The van der Waals surface area contributed by atoms with Crippen molar-refractivity contribution in [2.75, 3.05) is 0 Å². The first kappa shape index (κ1) is 21.1. The molecule has 1 amide bonds. The number of carbonyl (C=O) groups excluding carboxylic acids is 1. The van der Waals surface area contributed by atoms with Gasteiger partial charge < -0.3 is 10.1 Å². The number of carbonyl (C=O) groups is 1. The van der Waals surface area contributed by atoms with Gasteiger partial charge in [-0.2, -0.15) is 0 Å². The summed E-state index contributed by atoms with van der Waals surface area (Å²) in [5.41, 5.74) is 3.22. The molecule has 0 fully saturated rings. The second kappa shape index (κ2) is 10.2. The molecule has 1 heterocycles. The number of nitrogens with zero attached hydrogens (tertiary/aromatic N) is 2. The SMILES string of the molecule is O=C(Cn1cnc(-c2ccccc2)cc1=O)NCc1ccc(OCc2ccccc2)cc1. The number of ether oxygens (including phenoxy) is 1. The molecule has 0 aliphatic carbocycles. The van der Waals surface area contributed by atoms with Crippen LogP contribution in [0.5, 0.6) is 5.75 Å². The van der Waals surface area contributed by atoms with Crippen molar-refractivity contribution in [1.82, 2.24) is 14.9 Å². The van der Waals surface area contributed by atoms with Crippen molar-refractivity contribution in [1.29, 1.82) is 0 Å². The summed E-state index contributed by atoms with van der Waals surface area (Å²) in [6, 6.07) is 28.4. The maximum Gasteiger partial charge on any atom is 0.254 e. The van der Waals surface area contributed by atoms with Crippen molar-refractivity contribution in [2.45, 2.75) is 19.7 Å². The molecule has 0 aliphatic rings. The number of benzene rings is 3. The summed E-state index contributed by atoms with van der Waals surface area (Å²) in [5.74, 6) is 0.505. The molecule has 0 spiro atoms. The molecule has 6 nitrogen and oxygen atoms in total. The Bertz CT molecular complexity index is 1220. The molecule has 1 aromatic heterocycles. The topological polar surface area (TPSA) is 73.2 Å². The molecule has 32 heavy (non-hydrogen) atoms. The van der Waals surface area contributed by atoms with Crippen LogP contribution in [0.1, 0.15) is 11.1 Å². The van der Waals surface area contributed by atoms with Crippen molar-refractivity contribution in [3.05, 3.63) is 119 Å². The summed E-state index contributed by atoms with van der Waals surface area (Å²) in [5, 5.41) is 2.83. The fourth-order valence-electron chi connectivity index (χ4n) is 3.17. The first-order valence-electron chi connectivity index (χ1n) is 10.3. The van der Waals surface area contributed by atoms with E-state index in [0.717, 1.165) is 22.4 Å². The van der Waals surface area contributed by atoms with Gasteiger partial charge in [0.15, 0.2) is 0 Å². The highest BCUT2D eigenvalue weighted by atomic mass is 16.5. The molecule has 0 aliphatic heterocycles. The van der Waals surface area contributed by atoms with Crippen LogP contribution in [0.15, 0.2) is 102 Å². The van der Waals surface area contributed by atoms with Crippen LogP contribution in [-0.2, 0) is 24.5 Å². The lowest BCUT2D eigenvalue weighted by molar-refractivity contribution is -0.121. The highest BCUT2D eigenvalue weighted by Crippen LogP contribution is 2.15. The van der Waals surface area contributed by atoms with Crippen LogP contribution in [-0.4, -0.2) is 15.5 Å². The van der Waals surface area contributed by atoms with Crippen LogP contribution in [0.25, 0.3) is 11.3 Å². The van der Waals surface area contributed by atoms with E-state index in [1.807, 2.05) is 84.9 Å². The monoisotopic (exact) mass is 425 g/mol. The number of aromatic nitrogens is 2. The van der Waals surface area contributed by atoms with Crippen molar-refractivity contribution in [3.63, 3.8) is 0 Å². The van der Waals surface area contributed by atoms with Gasteiger partial charge in [0.2, 0.25) is 5.91 Å². The Hall–Kier alpha value is -4.19. The average Bonchev–Trinajstić information content (AvgIpc) is 2.84. The van der Waals surface area contributed by atoms with Crippen LogP contribution >= 0.6 is 0 Å². The Balaban J connectivity index is 1.28. The standard InChI is InChI=1S/C26H23N3O3/c30-25(17-29-19-28-24(15-26(29)31)22-9-5-2-6-10-22)27-16-20-11-13-23(14-12-20)32-18-21-7-3-1-4-8-21/h1-15,19H,16-18H2,(H,27,30). The van der Waals surface area contributed by atoms with Gasteiger partial charge in [-0.15, -0.1) is 0 Å². The van der Waals surface area contributed by atoms with Crippen molar-refractivity contribution >= 4 is 5.91 Å². The Kier molecular flexibility index (Phi) is 6.72. The van der Waals surface area contributed by atoms with Crippen molar-refractivity contribution in [3.8, 4) is 17.0 Å². The lowest BCUT2D eigenvalue weighted by atomic mass is 10.1. The van der Waals surface area contributed by atoms with E-state index in [-0.39, 0.29) is 18.0 Å². The summed E-state index contributed by atoms with van der Waals surface area (Å²) in [7, 11) is 0. The first-order chi connectivity index (χ1) is 15.7. The Morgan fingerprint density at radius 2 is 1.56 bits per heavy atom. The fraction of sp³-hybridized carbons (Fsp3) is 0.115. The van der Waals surface area contributed by atoms with Gasteiger partial charge in [-0.1, -0.05) is 72.8 Å². The van der Waals surface area contributed by atoms with Gasteiger partial charge in [0.1, 0.15) is 18.9 Å². The highest BCUT2D eigenvalue weighted by Gasteiger charge is 2.07. The minimum Gasteiger partial charge on any atom is -0.489 e. The molecule has 0 bridgehead atoms.